The first-order valence-corrected chi connectivity index (χ1v) is 6.39. The predicted octanol–water partition coefficient (Wildman–Crippen LogP) is 1.47. The number of aliphatic hydroxyl groups excluding tert-OH is 1. The van der Waals surface area contributed by atoms with E-state index < -0.39 is 0 Å². The van der Waals surface area contributed by atoms with Gasteiger partial charge in [0.15, 0.2) is 0 Å². The van der Waals surface area contributed by atoms with E-state index in [4.69, 9.17) is 5.73 Å². The van der Waals surface area contributed by atoms with Crippen LogP contribution in [0.25, 0.3) is 0 Å². The zero-order chi connectivity index (χ0) is 13.1. The Morgan fingerprint density at radius 2 is 2.22 bits per heavy atom. The maximum Gasteiger partial charge on any atom is 0.251 e. The lowest BCUT2D eigenvalue weighted by atomic mass is 10.1. The summed E-state index contributed by atoms with van der Waals surface area (Å²) >= 11 is 0. The number of nitrogens with two attached hydrogens (primary N) is 1. The van der Waals surface area contributed by atoms with Gasteiger partial charge in [-0.25, -0.2) is 0 Å². The highest BCUT2D eigenvalue weighted by Crippen LogP contribution is 2.24. The monoisotopic (exact) mass is 248 g/mol. The number of carbonyl (C=O) groups is 1. The van der Waals surface area contributed by atoms with Gasteiger partial charge in [-0.1, -0.05) is 6.42 Å². The maximum absolute atomic E-state index is 12.0. The van der Waals surface area contributed by atoms with Gasteiger partial charge in [0.25, 0.3) is 5.91 Å². The van der Waals surface area contributed by atoms with Crippen molar-refractivity contribution in [3.8, 4) is 0 Å². The van der Waals surface area contributed by atoms with Crippen LogP contribution in [0.1, 0.15) is 35.2 Å². The van der Waals surface area contributed by atoms with E-state index in [2.05, 4.69) is 5.32 Å². The molecule has 4 heteroatoms. The van der Waals surface area contributed by atoms with Crippen LogP contribution in [0.3, 0.4) is 0 Å². The zero-order valence-corrected chi connectivity index (χ0v) is 10.6. The van der Waals surface area contributed by atoms with Crippen molar-refractivity contribution in [3.63, 3.8) is 0 Å². The summed E-state index contributed by atoms with van der Waals surface area (Å²) in [7, 11) is 0. The molecule has 98 valence electrons. The Morgan fingerprint density at radius 3 is 2.83 bits per heavy atom. The fraction of sp³-hybridized carbons (Fsp3) is 0.500. The molecule has 18 heavy (non-hydrogen) atoms. The third-order valence-electron chi connectivity index (χ3n) is 3.51. The summed E-state index contributed by atoms with van der Waals surface area (Å²) in [6.07, 6.45) is 2.60. The average Bonchev–Trinajstić information content (AvgIpc) is 2.70. The molecular formula is C14H20N2O2. The van der Waals surface area contributed by atoms with Crippen molar-refractivity contribution in [3.05, 3.63) is 29.3 Å². The molecule has 1 aliphatic rings. The third-order valence-corrected chi connectivity index (χ3v) is 3.51. The highest BCUT2D eigenvalue weighted by Gasteiger charge is 2.25. The number of rotatable bonds is 3. The Hall–Kier alpha value is -1.55. The van der Waals surface area contributed by atoms with Crippen LogP contribution in [0.5, 0.6) is 0 Å². The lowest BCUT2D eigenvalue weighted by Crippen LogP contribution is -2.32. The molecule has 1 fully saturated rings. The summed E-state index contributed by atoms with van der Waals surface area (Å²) in [5, 5.41) is 12.6. The first-order valence-electron chi connectivity index (χ1n) is 6.39. The van der Waals surface area contributed by atoms with Crippen molar-refractivity contribution in [1.82, 2.24) is 5.32 Å². The van der Waals surface area contributed by atoms with Crippen LogP contribution in [0.2, 0.25) is 0 Å². The second kappa shape index (κ2) is 5.40. The summed E-state index contributed by atoms with van der Waals surface area (Å²) in [5.74, 6) is 0.0700. The second-order valence-corrected chi connectivity index (χ2v) is 5.10. The van der Waals surface area contributed by atoms with Gasteiger partial charge in [0, 0.05) is 23.7 Å². The summed E-state index contributed by atoms with van der Waals surface area (Å²) in [6, 6.07) is 5.32. The molecular weight excluding hydrogens is 228 g/mol. The molecule has 2 atom stereocenters. The third kappa shape index (κ3) is 3.01. The molecule has 4 nitrogen and oxygen atoms in total. The summed E-state index contributed by atoms with van der Waals surface area (Å²) in [4.78, 5) is 12.0. The van der Waals surface area contributed by atoms with E-state index in [1.807, 2.05) is 19.1 Å². The summed E-state index contributed by atoms with van der Waals surface area (Å²) in [5.41, 5.74) is 7.87. The van der Waals surface area contributed by atoms with Gasteiger partial charge in [-0.05, 0) is 43.5 Å². The number of benzene rings is 1. The number of carbonyl (C=O) groups excluding carboxylic acids is 1. The molecule has 0 saturated heterocycles. The van der Waals surface area contributed by atoms with Crippen LogP contribution in [-0.4, -0.2) is 23.7 Å². The molecule has 0 radical (unpaired) electrons. The molecule has 0 bridgehead atoms. The van der Waals surface area contributed by atoms with E-state index >= 15 is 0 Å². The largest absolute Gasteiger partial charge is 0.399 e. The fourth-order valence-electron chi connectivity index (χ4n) is 2.53. The fourth-order valence-corrected chi connectivity index (χ4v) is 2.53. The number of aryl methyl sites for hydroxylation is 1. The minimum atomic E-state index is -0.270. The Balaban J connectivity index is 1.95. The first-order chi connectivity index (χ1) is 8.56. The van der Waals surface area contributed by atoms with Crippen LogP contribution in [0.15, 0.2) is 18.2 Å². The van der Waals surface area contributed by atoms with Crippen molar-refractivity contribution in [2.75, 3.05) is 12.3 Å². The van der Waals surface area contributed by atoms with E-state index in [0.717, 1.165) is 24.8 Å². The SMILES string of the molecule is Cc1cc(N)cc(C(=O)NCC2CCCC2O)c1. The normalized spacial score (nSPS) is 23.0. The zero-order valence-electron chi connectivity index (χ0n) is 10.6. The number of aliphatic hydroxyl groups is 1. The van der Waals surface area contributed by atoms with Crippen molar-refractivity contribution in [2.24, 2.45) is 5.92 Å². The van der Waals surface area contributed by atoms with Crippen molar-refractivity contribution < 1.29 is 9.90 Å². The molecule has 2 rings (SSSR count). The number of nitrogens with one attached hydrogen (secondary N) is 1. The van der Waals surface area contributed by atoms with Gasteiger partial charge >= 0.3 is 0 Å². The Kier molecular flexibility index (Phi) is 3.87. The van der Waals surface area contributed by atoms with Gasteiger partial charge in [-0.2, -0.15) is 0 Å². The van der Waals surface area contributed by atoms with E-state index in [-0.39, 0.29) is 17.9 Å². The smallest absolute Gasteiger partial charge is 0.251 e. The van der Waals surface area contributed by atoms with Crippen LogP contribution in [0, 0.1) is 12.8 Å². The standard InChI is InChI=1S/C14H20N2O2/c1-9-5-11(7-12(15)6-9)14(18)16-8-10-3-2-4-13(10)17/h5-7,10,13,17H,2-4,8,15H2,1H3,(H,16,18). The Morgan fingerprint density at radius 1 is 1.44 bits per heavy atom. The Bertz CT molecular complexity index is 425. The molecule has 0 aliphatic heterocycles. The van der Waals surface area contributed by atoms with Gasteiger partial charge in [0.05, 0.1) is 6.10 Å². The molecule has 4 N–H and O–H groups in total. The molecule has 0 aromatic heterocycles. The number of hydrogen-bond acceptors (Lipinski definition) is 3. The highest BCUT2D eigenvalue weighted by atomic mass is 16.3. The van der Waals surface area contributed by atoms with E-state index in [9.17, 15) is 9.90 Å². The molecule has 0 spiro atoms. The topological polar surface area (TPSA) is 75.4 Å². The van der Waals surface area contributed by atoms with Crippen LogP contribution in [-0.2, 0) is 0 Å². The maximum atomic E-state index is 12.0. The number of anilines is 1. The lowest BCUT2D eigenvalue weighted by Gasteiger charge is -2.15. The van der Waals surface area contributed by atoms with Gasteiger partial charge in [-0.3, -0.25) is 4.79 Å². The van der Waals surface area contributed by atoms with Gasteiger partial charge in [0.2, 0.25) is 0 Å². The number of amides is 1. The number of hydrogen-bond donors (Lipinski definition) is 3. The first kappa shape index (κ1) is 12.9. The van der Waals surface area contributed by atoms with E-state index in [0.29, 0.717) is 17.8 Å². The van der Waals surface area contributed by atoms with E-state index in [1.165, 1.54) is 0 Å². The number of nitrogen functional groups attached to an aromatic ring is 1. The quantitative estimate of drug-likeness (QED) is 0.709. The molecule has 1 aromatic rings. The van der Waals surface area contributed by atoms with Crippen LogP contribution >= 0.6 is 0 Å². The highest BCUT2D eigenvalue weighted by molar-refractivity contribution is 5.95. The van der Waals surface area contributed by atoms with Crippen molar-refractivity contribution in [1.29, 1.82) is 0 Å². The van der Waals surface area contributed by atoms with Gasteiger partial charge < -0.3 is 16.2 Å². The minimum absolute atomic E-state index is 0.121. The molecule has 1 aliphatic carbocycles. The van der Waals surface area contributed by atoms with E-state index in [1.54, 1.807) is 6.07 Å². The molecule has 1 amide bonds. The minimum Gasteiger partial charge on any atom is -0.399 e. The summed E-state index contributed by atoms with van der Waals surface area (Å²) < 4.78 is 0. The van der Waals surface area contributed by atoms with Crippen molar-refractivity contribution >= 4 is 11.6 Å². The molecule has 1 saturated carbocycles. The second-order valence-electron chi connectivity index (χ2n) is 5.10. The molecule has 1 aromatic carbocycles. The molecule has 0 heterocycles. The van der Waals surface area contributed by atoms with Crippen molar-refractivity contribution in [2.45, 2.75) is 32.3 Å². The predicted molar refractivity (Wildman–Crippen MR) is 71.3 cm³/mol. The average molecular weight is 248 g/mol. The molecule has 2 unspecified atom stereocenters. The van der Waals surface area contributed by atoms with Gasteiger partial charge in [0.1, 0.15) is 0 Å². The summed E-state index contributed by atoms with van der Waals surface area (Å²) in [6.45, 7) is 2.45. The van der Waals surface area contributed by atoms with Crippen LogP contribution in [0.4, 0.5) is 5.69 Å². The Labute approximate surface area is 107 Å². The lowest BCUT2D eigenvalue weighted by molar-refractivity contribution is 0.0916. The van der Waals surface area contributed by atoms with Crippen LogP contribution < -0.4 is 11.1 Å². The van der Waals surface area contributed by atoms with Gasteiger partial charge in [-0.15, -0.1) is 0 Å².